The highest BCUT2D eigenvalue weighted by Crippen LogP contribution is 2.25. The van der Waals surface area contributed by atoms with Crippen LogP contribution >= 0.6 is 0 Å². The molecule has 0 saturated heterocycles. The highest BCUT2D eigenvalue weighted by molar-refractivity contribution is 5.65. The number of hydrogen-bond donors (Lipinski definition) is 2. The maximum atomic E-state index is 14.2. The summed E-state index contributed by atoms with van der Waals surface area (Å²) in [6, 6.07) is 13.6. The lowest BCUT2D eigenvalue weighted by Gasteiger charge is -2.13. The van der Waals surface area contributed by atoms with Crippen molar-refractivity contribution in [3.8, 4) is 17.5 Å². The number of nitrogens with one attached hydrogen (secondary N) is 2. The Morgan fingerprint density at radius 2 is 1.85 bits per heavy atom. The van der Waals surface area contributed by atoms with E-state index in [1.165, 1.54) is 12.3 Å². The van der Waals surface area contributed by atoms with Crippen LogP contribution in [0.2, 0.25) is 0 Å². The lowest BCUT2D eigenvalue weighted by Crippen LogP contribution is -2.12. The molecule has 0 fully saturated rings. The summed E-state index contributed by atoms with van der Waals surface area (Å²) >= 11 is 0. The van der Waals surface area contributed by atoms with E-state index < -0.39 is 5.82 Å². The van der Waals surface area contributed by atoms with E-state index in [4.69, 9.17) is 5.26 Å². The van der Waals surface area contributed by atoms with Gasteiger partial charge in [-0.3, -0.25) is 0 Å². The quantitative estimate of drug-likeness (QED) is 0.721. The third kappa shape index (κ3) is 4.11. The molecule has 3 aromatic rings. The van der Waals surface area contributed by atoms with Crippen molar-refractivity contribution in [3.63, 3.8) is 0 Å². The molecule has 0 amide bonds. The van der Waals surface area contributed by atoms with Gasteiger partial charge in [0.15, 0.2) is 5.82 Å². The number of benzene rings is 1. The van der Waals surface area contributed by atoms with Gasteiger partial charge in [0.2, 0.25) is 0 Å². The Kier molecular flexibility index (Phi) is 5.04. The average Bonchev–Trinajstić information content (AvgIpc) is 2.61. The summed E-state index contributed by atoms with van der Waals surface area (Å²) in [6.07, 6.45) is 1.53. The van der Waals surface area contributed by atoms with E-state index in [1.54, 1.807) is 36.4 Å². The fourth-order valence-corrected chi connectivity index (χ4v) is 2.36. The molecule has 26 heavy (non-hydrogen) atoms. The van der Waals surface area contributed by atoms with Gasteiger partial charge in [-0.1, -0.05) is 12.1 Å². The van der Waals surface area contributed by atoms with Crippen LogP contribution in [0.3, 0.4) is 0 Å². The molecule has 0 saturated carbocycles. The average molecular weight is 348 g/mol. The first-order chi connectivity index (χ1) is 12.5. The number of aromatic nitrogens is 3. The Morgan fingerprint density at radius 3 is 2.58 bits per heavy atom. The van der Waals surface area contributed by atoms with Crippen molar-refractivity contribution < 1.29 is 4.39 Å². The lowest BCUT2D eigenvalue weighted by molar-refractivity contribution is 0.630. The minimum atomic E-state index is -0.393. The molecule has 130 valence electrons. The Labute approximate surface area is 150 Å². The van der Waals surface area contributed by atoms with E-state index in [1.807, 2.05) is 19.9 Å². The highest BCUT2D eigenvalue weighted by atomic mass is 19.1. The predicted molar refractivity (Wildman–Crippen MR) is 98.4 cm³/mol. The van der Waals surface area contributed by atoms with Crippen LogP contribution in [-0.4, -0.2) is 21.0 Å². The van der Waals surface area contributed by atoms with Crippen LogP contribution in [0.15, 0.2) is 48.7 Å². The van der Waals surface area contributed by atoms with Gasteiger partial charge in [0, 0.05) is 24.0 Å². The summed E-state index contributed by atoms with van der Waals surface area (Å²) in [7, 11) is 0. The Balaban J connectivity index is 2.02. The predicted octanol–water partition coefficient (Wildman–Crippen LogP) is 4.11. The molecular formula is C19H17FN6. The Hall–Kier alpha value is -3.53. The van der Waals surface area contributed by atoms with Gasteiger partial charge in [0.25, 0.3) is 0 Å². The van der Waals surface area contributed by atoms with Crippen LogP contribution in [0.25, 0.3) is 11.4 Å². The van der Waals surface area contributed by atoms with E-state index in [2.05, 4.69) is 25.6 Å². The SMILES string of the molecule is CC(C)Nc1cc(Nc2ccnc(C#N)c2)nc(-c2ccccc2F)n1. The maximum absolute atomic E-state index is 14.2. The summed E-state index contributed by atoms with van der Waals surface area (Å²) < 4.78 is 14.2. The van der Waals surface area contributed by atoms with Crippen molar-refractivity contribution in [2.45, 2.75) is 19.9 Å². The first-order valence-electron chi connectivity index (χ1n) is 8.09. The van der Waals surface area contributed by atoms with Crippen LogP contribution in [0.4, 0.5) is 21.7 Å². The zero-order valence-electron chi connectivity index (χ0n) is 14.4. The molecule has 0 bridgehead atoms. The fraction of sp³-hybridized carbons (Fsp3) is 0.158. The van der Waals surface area contributed by atoms with E-state index in [-0.39, 0.29) is 11.9 Å². The monoisotopic (exact) mass is 348 g/mol. The fourth-order valence-electron chi connectivity index (χ4n) is 2.36. The number of hydrogen-bond acceptors (Lipinski definition) is 6. The molecule has 2 aromatic heterocycles. The van der Waals surface area contributed by atoms with E-state index in [0.717, 1.165) is 0 Å². The molecule has 0 aliphatic rings. The van der Waals surface area contributed by atoms with E-state index in [9.17, 15) is 4.39 Å². The van der Waals surface area contributed by atoms with Gasteiger partial charge < -0.3 is 10.6 Å². The van der Waals surface area contributed by atoms with Gasteiger partial charge in [0.1, 0.15) is 29.2 Å². The smallest absolute Gasteiger partial charge is 0.166 e. The number of anilines is 3. The maximum Gasteiger partial charge on any atom is 0.166 e. The Morgan fingerprint density at radius 1 is 1.08 bits per heavy atom. The van der Waals surface area contributed by atoms with Gasteiger partial charge in [0.05, 0.1) is 5.56 Å². The summed E-state index contributed by atoms with van der Waals surface area (Å²) in [5.41, 5.74) is 1.26. The van der Waals surface area contributed by atoms with Crippen molar-refractivity contribution >= 4 is 17.3 Å². The molecule has 6 nitrogen and oxygen atoms in total. The molecule has 0 radical (unpaired) electrons. The Bertz CT molecular complexity index is 964. The second-order valence-electron chi connectivity index (χ2n) is 5.91. The van der Waals surface area contributed by atoms with Gasteiger partial charge >= 0.3 is 0 Å². The normalized spacial score (nSPS) is 10.4. The second kappa shape index (κ2) is 7.57. The summed E-state index contributed by atoms with van der Waals surface area (Å²) in [6.45, 7) is 3.97. The van der Waals surface area contributed by atoms with Crippen molar-refractivity contribution in [1.29, 1.82) is 5.26 Å². The largest absolute Gasteiger partial charge is 0.368 e. The van der Waals surface area contributed by atoms with E-state index in [0.29, 0.717) is 28.6 Å². The second-order valence-corrected chi connectivity index (χ2v) is 5.91. The molecule has 0 spiro atoms. The molecule has 0 aliphatic carbocycles. The third-order valence-corrected chi connectivity index (χ3v) is 3.42. The van der Waals surface area contributed by atoms with Crippen LogP contribution < -0.4 is 10.6 Å². The minimum Gasteiger partial charge on any atom is -0.368 e. The minimum absolute atomic E-state index is 0.150. The standard InChI is InChI=1S/C19H17FN6/c1-12(2)23-17-10-18(24-13-7-8-22-14(9-13)11-21)26-19(25-17)15-5-3-4-6-16(15)20/h3-10,12H,1-2H3,(H2,22,23,24,25,26). The van der Waals surface area contributed by atoms with Crippen molar-refractivity contribution in [2.75, 3.05) is 10.6 Å². The number of pyridine rings is 1. The van der Waals surface area contributed by atoms with Crippen molar-refractivity contribution in [1.82, 2.24) is 15.0 Å². The zero-order chi connectivity index (χ0) is 18.5. The molecule has 0 atom stereocenters. The number of nitriles is 1. The van der Waals surface area contributed by atoms with Gasteiger partial charge in [-0.2, -0.15) is 5.26 Å². The van der Waals surface area contributed by atoms with Gasteiger partial charge in [-0.15, -0.1) is 0 Å². The van der Waals surface area contributed by atoms with Crippen LogP contribution in [0.5, 0.6) is 0 Å². The van der Waals surface area contributed by atoms with Crippen molar-refractivity contribution in [2.24, 2.45) is 0 Å². The number of halogens is 1. The molecule has 7 heteroatoms. The molecule has 0 unspecified atom stereocenters. The molecule has 0 aliphatic heterocycles. The van der Waals surface area contributed by atoms with Crippen LogP contribution in [0, 0.1) is 17.1 Å². The topological polar surface area (TPSA) is 86.5 Å². The van der Waals surface area contributed by atoms with Crippen molar-refractivity contribution in [3.05, 3.63) is 60.2 Å². The van der Waals surface area contributed by atoms with Crippen LogP contribution in [0.1, 0.15) is 19.5 Å². The number of nitrogens with zero attached hydrogens (tertiary/aromatic N) is 4. The first-order valence-corrected chi connectivity index (χ1v) is 8.09. The summed E-state index contributed by atoms with van der Waals surface area (Å²) in [5, 5.41) is 15.3. The van der Waals surface area contributed by atoms with Gasteiger partial charge in [-0.05, 0) is 38.1 Å². The molecule has 2 N–H and O–H groups in total. The van der Waals surface area contributed by atoms with Crippen LogP contribution in [-0.2, 0) is 0 Å². The zero-order valence-corrected chi connectivity index (χ0v) is 14.4. The third-order valence-electron chi connectivity index (χ3n) is 3.42. The summed E-state index contributed by atoms with van der Waals surface area (Å²) in [4.78, 5) is 12.8. The van der Waals surface area contributed by atoms with Gasteiger partial charge in [-0.25, -0.2) is 19.3 Å². The highest BCUT2D eigenvalue weighted by Gasteiger charge is 2.12. The molecule has 3 rings (SSSR count). The number of rotatable bonds is 5. The molecule has 1 aromatic carbocycles. The van der Waals surface area contributed by atoms with E-state index >= 15 is 0 Å². The first kappa shape index (κ1) is 17.3. The molecule has 2 heterocycles. The lowest BCUT2D eigenvalue weighted by atomic mass is 10.2. The summed E-state index contributed by atoms with van der Waals surface area (Å²) in [5.74, 6) is 0.934. The molecular weight excluding hydrogens is 331 g/mol.